The molecule has 33 heavy (non-hydrogen) atoms. The van der Waals surface area contributed by atoms with Crippen molar-refractivity contribution in [2.45, 2.75) is 52.1 Å². The Bertz CT molecular complexity index is 979. The zero-order chi connectivity index (χ0) is 24.0. The van der Waals surface area contributed by atoms with Crippen molar-refractivity contribution in [1.29, 1.82) is 0 Å². The Balaban J connectivity index is 1.85. The Morgan fingerprint density at radius 3 is 2.52 bits per heavy atom. The molecule has 1 aliphatic heterocycles. The van der Waals surface area contributed by atoms with Crippen LogP contribution in [-0.2, 0) is 20.8 Å². The number of aliphatic hydroxyl groups is 1. The summed E-state index contributed by atoms with van der Waals surface area (Å²) in [6.45, 7) is 5.50. The van der Waals surface area contributed by atoms with Gasteiger partial charge in [0.2, 0.25) is 11.8 Å². The van der Waals surface area contributed by atoms with Crippen LogP contribution in [0.1, 0.15) is 39.2 Å². The number of amides is 3. The van der Waals surface area contributed by atoms with Gasteiger partial charge in [0.05, 0.1) is 0 Å². The van der Waals surface area contributed by atoms with E-state index in [1.165, 1.54) is 4.90 Å². The molecule has 3 N–H and O–H groups in total. The highest BCUT2D eigenvalue weighted by Crippen LogP contribution is 2.32. The van der Waals surface area contributed by atoms with Crippen LogP contribution in [0.15, 0.2) is 48.7 Å². The van der Waals surface area contributed by atoms with Crippen molar-refractivity contribution in [3.63, 3.8) is 0 Å². The topological polar surface area (TPSA) is 112 Å². The summed E-state index contributed by atoms with van der Waals surface area (Å²) in [5, 5.41) is 14.8. The zero-order valence-electron chi connectivity index (χ0n) is 19.3. The summed E-state index contributed by atoms with van der Waals surface area (Å²) >= 11 is 0. The number of nitrogens with zero attached hydrogens (tertiary/aromatic N) is 2. The molecule has 176 valence electrons. The van der Waals surface area contributed by atoms with Gasteiger partial charge in [-0.1, -0.05) is 45.0 Å². The van der Waals surface area contributed by atoms with Crippen LogP contribution in [-0.4, -0.2) is 46.5 Å². The van der Waals surface area contributed by atoms with Crippen LogP contribution in [0, 0.1) is 11.8 Å². The normalized spacial score (nSPS) is 16.8. The quantitative estimate of drug-likeness (QED) is 0.541. The molecule has 3 atom stereocenters. The summed E-state index contributed by atoms with van der Waals surface area (Å²) in [6, 6.07) is 11.1. The molecule has 0 radical (unpaired) electrons. The number of nitrogens with one attached hydrogen (secondary N) is 2. The van der Waals surface area contributed by atoms with Gasteiger partial charge in [0, 0.05) is 30.8 Å². The Hall–Kier alpha value is -3.26. The average Bonchev–Trinajstić information content (AvgIpc) is 3.20. The number of fused-ring (bicyclic) bond motifs is 1. The molecule has 2 heterocycles. The van der Waals surface area contributed by atoms with Crippen LogP contribution in [0.25, 0.3) is 0 Å². The third kappa shape index (κ3) is 5.76. The lowest BCUT2D eigenvalue weighted by atomic mass is 9.99. The number of carbonyl (C=O) groups is 3. The number of hydrogen-bond acceptors (Lipinski definition) is 5. The molecular weight excluding hydrogens is 420 g/mol. The van der Waals surface area contributed by atoms with E-state index in [1.807, 2.05) is 38.1 Å². The van der Waals surface area contributed by atoms with Gasteiger partial charge in [0.25, 0.3) is 5.91 Å². The second-order valence-electron chi connectivity index (χ2n) is 8.77. The van der Waals surface area contributed by atoms with E-state index in [0.717, 1.165) is 5.56 Å². The maximum absolute atomic E-state index is 13.7. The highest BCUT2D eigenvalue weighted by Gasteiger charge is 2.43. The fraction of sp³-hybridized carbons (Fsp3) is 0.440. The van der Waals surface area contributed by atoms with E-state index >= 15 is 0 Å². The summed E-state index contributed by atoms with van der Waals surface area (Å²) in [5.74, 6) is -1.01. The summed E-state index contributed by atoms with van der Waals surface area (Å²) in [4.78, 5) is 45.5. The van der Waals surface area contributed by atoms with E-state index in [4.69, 9.17) is 5.11 Å². The first-order valence-corrected chi connectivity index (χ1v) is 11.4. The zero-order valence-corrected chi connectivity index (χ0v) is 19.3. The average molecular weight is 453 g/mol. The first-order chi connectivity index (χ1) is 15.8. The van der Waals surface area contributed by atoms with Crippen molar-refractivity contribution in [2.75, 3.05) is 16.8 Å². The molecule has 0 bridgehead atoms. The first-order valence-electron chi connectivity index (χ1n) is 11.4. The lowest BCUT2D eigenvalue weighted by Gasteiger charge is -2.31. The maximum Gasteiger partial charge on any atom is 0.251 e. The number of aromatic nitrogens is 1. The minimum absolute atomic E-state index is 0.0125. The second-order valence-corrected chi connectivity index (χ2v) is 8.77. The number of para-hydroxylation sites is 1. The third-order valence-corrected chi connectivity index (χ3v) is 5.88. The number of pyridine rings is 1. The number of rotatable bonds is 9. The van der Waals surface area contributed by atoms with Crippen molar-refractivity contribution in [3.8, 4) is 0 Å². The van der Waals surface area contributed by atoms with Crippen LogP contribution >= 0.6 is 0 Å². The van der Waals surface area contributed by atoms with E-state index in [9.17, 15) is 14.4 Å². The van der Waals surface area contributed by atoms with Gasteiger partial charge in [0.15, 0.2) is 0 Å². The van der Waals surface area contributed by atoms with Crippen molar-refractivity contribution in [1.82, 2.24) is 10.3 Å². The molecule has 0 saturated heterocycles. The van der Waals surface area contributed by atoms with E-state index in [2.05, 4.69) is 15.6 Å². The van der Waals surface area contributed by atoms with Crippen molar-refractivity contribution < 1.29 is 19.5 Å². The molecule has 3 rings (SSSR count). The molecule has 1 aliphatic rings. The van der Waals surface area contributed by atoms with Crippen LogP contribution in [0.5, 0.6) is 0 Å². The van der Waals surface area contributed by atoms with Gasteiger partial charge in [-0.2, -0.15) is 0 Å². The number of hydrogen-bond donors (Lipinski definition) is 3. The first kappa shape index (κ1) is 24.4. The van der Waals surface area contributed by atoms with Crippen LogP contribution in [0.2, 0.25) is 0 Å². The largest absolute Gasteiger partial charge is 0.396 e. The molecule has 8 heteroatoms. The van der Waals surface area contributed by atoms with E-state index in [1.54, 1.807) is 31.3 Å². The van der Waals surface area contributed by atoms with Crippen molar-refractivity contribution >= 4 is 29.2 Å². The molecule has 3 amide bonds. The number of anilines is 2. The summed E-state index contributed by atoms with van der Waals surface area (Å²) < 4.78 is 0. The summed E-state index contributed by atoms with van der Waals surface area (Å²) in [6.07, 6.45) is 2.98. The molecule has 0 saturated carbocycles. The standard InChI is InChI=1S/C25H32N4O4/c1-16(2)21(28-23(31)17(3)9-8-14-30)25(33)29-20(15-18-10-7-13-26-22(18)29)24(32)27-19-11-5-4-6-12-19/h4-7,10-13,16-17,20-21,30H,8-9,14-15H2,1-3H3,(H,27,32)(H,28,31)/t17-,20+,21+/m1/s1. The number of benzene rings is 1. The van der Waals surface area contributed by atoms with Gasteiger partial charge < -0.3 is 15.7 Å². The predicted molar refractivity (Wildman–Crippen MR) is 127 cm³/mol. The smallest absolute Gasteiger partial charge is 0.251 e. The Morgan fingerprint density at radius 2 is 1.85 bits per heavy atom. The summed E-state index contributed by atoms with van der Waals surface area (Å²) in [7, 11) is 0. The number of aliphatic hydroxyl groups excluding tert-OH is 1. The van der Waals surface area contributed by atoms with Crippen molar-refractivity contribution in [3.05, 3.63) is 54.2 Å². The lowest BCUT2D eigenvalue weighted by molar-refractivity contribution is -0.131. The fourth-order valence-corrected chi connectivity index (χ4v) is 3.96. The van der Waals surface area contributed by atoms with Crippen LogP contribution in [0.4, 0.5) is 11.5 Å². The van der Waals surface area contributed by atoms with Gasteiger partial charge in [-0.3, -0.25) is 19.3 Å². The monoisotopic (exact) mass is 452 g/mol. The van der Waals surface area contributed by atoms with Gasteiger partial charge in [-0.05, 0) is 42.5 Å². The number of carbonyl (C=O) groups excluding carboxylic acids is 3. The molecule has 0 spiro atoms. The molecule has 8 nitrogen and oxygen atoms in total. The minimum Gasteiger partial charge on any atom is -0.396 e. The lowest BCUT2D eigenvalue weighted by Crippen LogP contribution is -2.56. The maximum atomic E-state index is 13.7. The van der Waals surface area contributed by atoms with Crippen molar-refractivity contribution in [2.24, 2.45) is 11.8 Å². The van der Waals surface area contributed by atoms with E-state index in [0.29, 0.717) is 30.8 Å². The molecule has 0 fully saturated rings. The predicted octanol–water partition coefficient (Wildman–Crippen LogP) is 2.53. The molecule has 0 aliphatic carbocycles. The van der Waals surface area contributed by atoms with E-state index in [-0.39, 0.29) is 36.2 Å². The molecule has 1 aromatic heterocycles. The fourth-order valence-electron chi connectivity index (χ4n) is 3.96. The molecule has 0 unspecified atom stereocenters. The third-order valence-electron chi connectivity index (χ3n) is 5.88. The van der Waals surface area contributed by atoms with Gasteiger partial charge in [-0.15, -0.1) is 0 Å². The molecule has 1 aromatic carbocycles. The minimum atomic E-state index is -0.811. The second kappa shape index (κ2) is 11.0. The Morgan fingerprint density at radius 1 is 1.12 bits per heavy atom. The van der Waals surface area contributed by atoms with E-state index < -0.39 is 12.1 Å². The Kier molecular flexibility index (Phi) is 8.16. The van der Waals surface area contributed by atoms with Gasteiger partial charge in [0.1, 0.15) is 17.9 Å². The van der Waals surface area contributed by atoms with Gasteiger partial charge >= 0.3 is 0 Å². The molecular formula is C25H32N4O4. The SMILES string of the molecule is CC(C)[C@H](NC(=O)[C@H](C)CCCO)C(=O)N1c2ncccc2C[C@H]1C(=O)Nc1ccccc1. The van der Waals surface area contributed by atoms with Gasteiger partial charge in [-0.25, -0.2) is 4.98 Å². The molecule has 2 aromatic rings. The highest BCUT2D eigenvalue weighted by molar-refractivity contribution is 6.09. The van der Waals surface area contributed by atoms with Crippen LogP contribution in [0.3, 0.4) is 0 Å². The van der Waals surface area contributed by atoms with Crippen LogP contribution < -0.4 is 15.5 Å². The highest BCUT2D eigenvalue weighted by atomic mass is 16.3. The Labute approximate surface area is 194 Å². The summed E-state index contributed by atoms with van der Waals surface area (Å²) in [5.41, 5.74) is 1.45.